The molecule has 3 aromatic rings. The molecule has 0 aliphatic carbocycles. The molecule has 7 heteroatoms. The van der Waals surface area contributed by atoms with Gasteiger partial charge in [0.15, 0.2) is 11.5 Å². The highest BCUT2D eigenvalue weighted by Crippen LogP contribution is 2.35. The van der Waals surface area contributed by atoms with Crippen molar-refractivity contribution in [3.05, 3.63) is 87.2 Å². The van der Waals surface area contributed by atoms with E-state index in [4.69, 9.17) is 37.4 Å². The predicted octanol–water partition coefficient (Wildman–Crippen LogP) is 6.41. The van der Waals surface area contributed by atoms with Crippen molar-refractivity contribution in [1.29, 1.82) is 0 Å². The van der Waals surface area contributed by atoms with Gasteiger partial charge in [0.05, 0.1) is 18.7 Å². The molecular formula is C24H24Cl2FNO3. The Morgan fingerprint density at radius 2 is 1.58 bits per heavy atom. The molecule has 0 fully saturated rings. The molecule has 0 saturated carbocycles. The number of hydrogen-bond donors (Lipinski definition) is 1. The molecule has 4 nitrogen and oxygen atoms in total. The lowest BCUT2D eigenvalue weighted by Crippen LogP contribution is -2.14. The summed E-state index contributed by atoms with van der Waals surface area (Å²) in [6.45, 7) is 3.44. The standard InChI is InChI=1S/C24H24Cl2FNO3/c1-3-30-23-11-17(14-28-13-16-7-4-5-10-22(16)29-2)20(26)12-24(23)31-15-18-19(25)8-6-9-21(18)27/h4-12,28H,3,13-15H2,1-2H3. The summed E-state index contributed by atoms with van der Waals surface area (Å²) < 4.78 is 31.0. The molecule has 31 heavy (non-hydrogen) atoms. The third-order valence-corrected chi connectivity index (χ3v) is 5.38. The van der Waals surface area contributed by atoms with Crippen LogP contribution in [0, 0.1) is 5.82 Å². The fourth-order valence-corrected chi connectivity index (χ4v) is 3.53. The third-order valence-electron chi connectivity index (χ3n) is 4.67. The zero-order valence-electron chi connectivity index (χ0n) is 17.4. The number of benzene rings is 3. The molecule has 0 aliphatic heterocycles. The maximum Gasteiger partial charge on any atom is 0.163 e. The van der Waals surface area contributed by atoms with Gasteiger partial charge in [0.2, 0.25) is 0 Å². The molecule has 3 aromatic carbocycles. The van der Waals surface area contributed by atoms with Crippen molar-refractivity contribution in [3.63, 3.8) is 0 Å². The minimum atomic E-state index is -0.422. The Hall–Kier alpha value is -2.47. The van der Waals surface area contributed by atoms with Crippen molar-refractivity contribution < 1.29 is 18.6 Å². The Morgan fingerprint density at radius 1 is 0.839 bits per heavy atom. The second-order valence-corrected chi connectivity index (χ2v) is 7.54. The Balaban J connectivity index is 1.72. The lowest BCUT2D eigenvalue weighted by atomic mass is 10.1. The number of methoxy groups -OCH3 is 1. The van der Waals surface area contributed by atoms with E-state index < -0.39 is 5.82 Å². The van der Waals surface area contributed by atoms with Gasteiger partial charge in [-0.05, 0) is 36.8 Å². The molecule has 0 saturated heterocycles. The third kappa shape index (κ3) is 6.03. The van der Waals surface area contributed by atoms with E-state index in [1.165, 1.54) is 6.07 Å². The highest BCUT2D eigenvalue weighted by molar-refractivity contribution is 6.31. The molecule has 0 amide bonds. The summed E-state index contributed by atoms with van der Waals surface area (Å²) >= 11 is 12.6. The van der Waals surface area contributed by atoms with Crippen molar-refractivity contribution >= 4 is 23.2 Å². The first-order valence-electron chi connectivity index (χ1n) is 9.87. The summed E-state index contributed by atoms with van der Waals surface area (Å²) in [5.41, 5.74) is 2.19. The zero-order chi connectivity index (χ0) is 22.2. The summed E-state index contributed by atoms with van der Waals surface area (Å²) in [6, 6.07) is 15.9. The van der Waals surface area contributed by atoms with E-state index in [0.29, 0.717) is 41.2 Å². The van der Waals surface area contributed by atoms with Gasteiger partial charge in [-0.25, -0.2) is 4.39 Å². The number of halogens is 3. The van der Waals surface area contributed by atoms with E-state index >= 15 is 0 Å². The van der Waals surface area contributed by atoms with Gasteiger partial charge in [-0.1, -0.05) is 47.5 Å². The maximum absolute atomic E-state index is 14.0. The van der Waals surface area contributed by atoms with Crippen LogP contribution in [-0.2, 0) is 19.7 Å². The highest BCUT2D eigenvalue weighted by atomic mass is 35.5. The Bertz CT molecular complexity index is 1010. The molecule has 0 unspecified atom stereocenters. The maximum atomic E-state index is 14.0. The van der Waals surface area contributed by atoms with Crippen molar-refractivity contribution in [3.8, 4) is 17.2 Å². The second kappa shape index (κ2) is 11.2. The van der Waals surface area contributed by atoms with Crippen LogP contribution in [0.5, 0.6) is 17.2 Å². The first-order valence-corrected chi connectivity index (χ1v) is 10.6. The van der Waals surface area contributed by atoms with Gasteiger partial charge in [0.1, 0.15) is 18.2 Å². The molecule has 0 aromatic heterocycles. The Kier molecular flexibility index (Phi) is 8.41. The first kappa shape index (κ1) is 23.2. The summed E-state index contributed by atoms with van der Waals surface area (Å²) in [6.07, 6.45) is 0. The lowest BCUT2D eigenvalue weighted by molar-refractivity contribution is 0.265. The summed E-state index contributed by atoms with van der Waals surface area (Å²) in [7, 11) is 1.65. The average Bonchev–Trinajstić information content (AvgIpc) is 2.76. The molecule has 3 rings (SSSR count). The van der Waals surface area contributed by atoms with Crippen LogP contribution in [0.2, 0.25) is 10.0 Å². The van der Waals surface area contributed by atoms with Gasteiger partial charge in [0.25, 0.3) is 0 Å². The summed E-state index contributed by atoms with van der Waals surface area (Å²) in [5.74, 6) is 1.37. The van der Waals surface area contributed by atoms with Crippen LogP contribution in [0.3, 0.4) is 0 Å². The van der Waals surface area contributed by atoms with Crippen LogP contribution in [0.15, 0.2) is 54.6 Å². The van der Waals surface area contributed by atoms with Gasteiger partial charge in [-0.2, -0.15) is 0 Å². The molecule has 0 radical (unpaired) electrons. The van der Waals surface area contributed by atoms with Crippen LogP contribution < -0.4 is 19.5 Å². The van der Waals surface area contributed by atoms with Crippen molar-refractivity contribution in [2.24, 2.45) is 0 Å². The SMILES string of the molecule is CCOc1cc(CNCc2ccccc2OC)c(Cl)cc1OCc1c(F)cccc1Cl. The van der Waals surface area contributed by atoms with Gasteiger partial charge in [-0.15, -0.1) is 0 Å². The van der Waals surface area contributed by atoms with E-state index in [1.807, 2.05) is 37.3 Å². The van der Waals surface area contributed by atoms with E-state index in [0.717, 1.165) is 16.9 Å². The lowest BCUT2D eigenvalue weighted by Gasteiger charge is -2.16. The number of hydrogen-bond acceptors (Lipinski definition) is 4. The van der Waals surface area contributed by atoms with Crippen LogP contribution in [0.1, 0.15) is 23.6 Å². The van der Waals surface area contributed by atoms with E-state index in [1.54, 1.807) is 25.3 Å². The number of rotatable bonds is 10. The normalized spacial score (nSPS) is 10.7. The van der Waals surface area contributed by atoms with Gasteiger partial charge < -0.3 is 19.5 Å². The van der Waals surface area contributed by atoms with Crippen molar-refractivity contribution in [2.75, 3.05) is 13.7 Å². The second-order valence-electron chi connectivity index (χ2n) is 6.73. The summed E-state index contributed by atoms with van der Waals surface area (Å²) in [4.78, 5) is 0. The topological polar surface area (TPSA) is 39.7 Å². The predicted molar refractivity (Wildman–Crippen MR) is 122 cm³/mol. The van der Waals surface area contributed by atoms with Crippen molar-refractivity contribution in [2.45, 2.75) is 26.6 Å². The molecule has 0 atom stereocenters. The van der Waals surface area contributed by atoms with Crippen molar-refractivity contribution in [1.82, 2.24) is 5.32 Å². The Morgan fingerprint density at radius 3 is 2.32 bits per heavy atom. The van der Waals surface area contributed by atoms with E-state index in [2.05, 4.69) is 5.32 Å². The molecule has 1 N–H and O–H groups in total. The monoisotopic (exact) mass is 463 g/mol. The zero-order valence-corrected chi connectivity index (χ0v) is 18.9. The highest BCUT2D eigenvalue weighted by Gasteiger charge is 2.14. The van der Waals surface area contributed by atoms with Crippen LogP contribution >= 0.6 is 23.2 Å². The summed E-state index contributed by atoms with van der Waals surface area (Å²) in [5, 5.41) is 4.19. The number of ether oxygens (including phenoxy) is 3. The van der Waals surface area contributed by atoms with Crippen LogP contribution in [-0.4, -0.2) is 13.7 Å². The molecule has 0 spiro atoms. The average molecular weight is 464 g/mol. The molecular weight excluding hydrogens is 440 g/mol. The quantitative estimate of drug-likeness (QED) is 0.377. The molecule has 164 valence electrons. The smallest absolute Gasteiger partial charge is 0.163 e. The minimum Gasteiger partial charge on any atom is -0.496 e. The van der Waals surface area contributed by atoms with Crippen LogP contribution in [0.4, 0.5) is 4.39 Å². The van der Waals surface area contributed by atoms with E-state index in [-0.39, 0.29) is 12.2 Å². The van der Waals surface area contributed by atoms with Crippen LogP contribution in [0.25, 0.3) is 0 Å². The largest absolute Gasteiger partial charge is 0.496 e. The number of nitrogens with one attached hydrogen (secondary N) is 1. The van der Waals surface area contributed by atoms with E-state index in [9.17, 15) is 4.39 Å². The van der Waals surface area contributed by atoms with Gasteiger partial charge >= 0.3 is 0 Å². The van der Waals surface area contributed by atoms with Gasteiger partial charge in [0, 0.05) is 35.3 Å². The fraction of sp³-hybridized carbons (Fsp3) is 0.250. The first-order chi connectivity index (χ1) is 15.0. The fourth-order valence-electron chi connectivity index (χ4n) is 3.09. The molecule has 0 heterocycles. The Labute approximate surface area is 191 Å². The molecule has 0 aliphatic rings. The molecule has 0 bridgehead atoms. The number of para-hydroxylation sites is 1. The van der Waals surface area contributed by atoms with Gasteiger partial charge in [-0.3, -0.25) is 0 Å². The minimum absolute atomic E-state index is 0.0344.